The predicted molar refractivity (Wildman–Crippen MR) is 414 cm³/mol. The first kappa shape index (κ1) is 81.4. The Kier molecular flexibility index (Phi) is 27.7. The van der Waals surface area contributed by atoms with Gasteiger partial charge in [0, 0.05) is 42.9 Å². The van der Waals surface area contributed by atoms with E-state index in [1.165, 1.54) is 72.1 Å². The zero-order chi connectivity index (χ0) is 76.4. The highest BCUT2D eigenvalue weighted by Gasteiger charge is 2.49. The monoisotopic (exact) mass is 1490 g/mol. The number of sulfone groups is 2. The van der Waals surface area contributed by atoms with Crippen LogP contribution >= 0.6 is 23.5 Å². The van der Waals surface area contributed by atoms with Crippen LogP contribution in [0.1, 0.15) is 90.5 Å². The van der Waals surface area contributed by atoms with Crippen molar-refractivity contribution in [1.82, 2.24) is 20.4 Å². The zero-order valence-electron chi connectivity index (χ0n) is 61.8. The normalized spacial score (nSPS) is 13.1. The molecule has 0 aliphatic rings. The van der Waals surface area contributed by atoms with E-state index in [9.17, 15) is 46.5 Å². The fourth-order valence-electron chi connectivity index (χ4n) is 11.1. The number of amides is 2. The van der Waals surface area contributed by atoms with Crippen molar-refractivity contribution in [3.63, 3.8) is 0 Å². The first-order valence-electron chi connectivity index (χ1n) is 34.6. The number of nitrogens with zero attached hydrogens (tertiary/aromatic N) is 4. The number of ether oxygens (including phenoxy) is 4. The highest BCUT2D eigenvalue weighted by atomic mass is 32.2. The van der Waals surface area contributed by atoms with Crippen LogP contribution in [0, 0.1) is 44.3 Å². The highest BCUT2D eigenvalue weighted by molar-refractivity contribution is 8.00. The van der Waals surface area contributed by atoms with Crippen molar-refractivity contribution in [3.05, 3.63) is 216 Å². The second kappa shape index (κ2) is 35.7. The zero-order valence-corrected chi connectivity index (χ0v) is 65.0. The Morgan fingerprint density at radius 1 is 0.390 bits per heavy atom. The summed E-state index contributed by atoms with van der Waals surface area (Å²) in [6, 6.07) is 58.8. The molecule has 0 aromatic heterocycles. The van der Waals surface area contributed by atoms with E-state index in [2.05, 4.69) is 36.6 Å². The number of nitrogens with one attached hydrogen (secondary N) is 2. The maximum atomic E-state index is 13.7. The summed E-state index contributed by atoms with van der Waals surface area (Å²) < 4.78 is 79.3. The van der Waals surface area contributed by atoms with Crippen molar-refractivity contribution < 1.29 is 55.0 Å². The summed E-state index contributed by atoms with van der Waals surface area (Å²) in [5.41, 5.74) is -0.781. The molecule has 18 nitrogen and oxygen atoms in total. The molecule has 0 fully saturated rings. The summed E-state index contributed by atoms with van der Waals surface area (Å²) in [5.74, 6) is 4.41. The summed E-state index contributed by atoms with van der Waals surface area (Å²) in [5, 5.41) is 25.9. The van der Waals surface area contributed by atoms with E-state index in [4.69, 9.17) is 18.9 Å². The Balaban J connectivity index is 0.761. The lowest BCUT2D eigenvalue weighted by molar-refractivity contribution is -0.133. The number of Topliss-reactive ketones (excluding diaryl/α,β-unsaturated/α-hetero) is 2. The Hall–Kier alpha value is -9.26. The van der Waals surface area contributed by atoms with Gasteiger partial charge in [-0.1, -0.05) is 62.4 Å². The van der Waals surface area contributed by atoms with Gasteiger partial charge >= 0.3 is 0 Å². The quantitative estimate of drug-likeness (QED) is 0.0341. The van der Waals surface area contributed by atoms with E-state index in [1.54, 1.807) is 139 Å². The molecule has 8 rings (SSSR count). The van der Waals surface area contributed by atoms with Gasteiger partial charge in [-0.3, -0.25) is 19.2 Å². The number of benzene rings is 8. The molecule has 0 radical (unpaired) electrons. The number of carbonyl (C=O) groups is 4. The Bertz CT molecular complexity index is 4310. The van der Waals surface area contributed by atoms with Gasteiger partial charge in [-0.05, 0) is 264 Å². The minimum absolute atomic E-state index is 0.0189. The summed E-state index contributed by atoms with van der Waals surface area (Å²) in [6.45, 7) is 17.4. The van der Waals surface area contributed by atoms with Crippen LogP contribution < -0.4 is 29.6 Å². The third kappa shape index (κ3) is 21.5. The third-order valence-electron chi connectivity index (χ3n) is 19.0. The van der Waals surface area contributed by atoms with Crippen molar-refractivity contribution in [2.75, 3.05) is 77.4 Å². The lowest BCUT2D eigenvalue weighted by Crippen LogP contribution is -2.50. The van der Waals surface area contributed by atoms with Gasteiger partial charge in [0.1, 0.15) is 57.6 Å². The second-order valence-corrected chi connectivity index (χ2v) is 34.5. The molecule has 2 N–H and O–H groups in total. The molecular weight excluding hydrogens is 1400 g/mol. The van der Waals surface area contributed by atoms with Gasteiger partial charge in [0.25, 0.3) is 0 Å². The Labute approximate surface area is 628 Å². The standard InChI is InChI=1S/C83H94N6O12S4/c1-79(2,55-84)82(7,77(92)86-47-13-49-88(9)10)57-102-53-63(90)51-59-15-23-65(24-16-59)98-69-31-39-73(40-32-69)104(94,95)75-43-35-71(36-44-75)100-67-27-19-61(20-28-67)81(5,6)62-21-29-68(30-22-62)101-72-37-45-76(46-38-72)105(96,97)74-41-33-70(34-42-74)99-66-25-17-60(18-26-66)52-64(91)54-103-58-83(8,80(3,4)56-85)78(93)87-48-14-50-89(11)12/h15-46H,13-14,47-54,57-58H2,1-12H3,(H,86,92)(H,87,93). The van der Waals surface area contributed by atoms with Gasteiger partial charge < -0.3 is 39.4 Å². The van der Waals surface area contributed by atoms with Gasteiger partial charge in [0.15, 0.2) is 0 Å². The highest BCUT2D eigenvalue weighted by Crippen LogP contribution is 2.44. The molecule has 2 amide bonds. The maximum absolute atomic E-state index is 13.7. The molecule has 22 heteroatoms. The second-order valence-electron chi connectivity index (χ2n) is 28.6. The van der Waals surface area contributed by atoms with Crippen LogP contribution in [-0.4, -0.2) is 127 Å². The molecule has 8 aromatic carbocycles. The lowest BCUT2D eigenvalue weighted by atomic mass is 9.68. The molecule has 0 heterocycles. The fourth-order valence-corrected chi connectivity index (χ4v) is 16.3. The van der Waals surface area contributed by atoms with Crippen LogP contribution in [0.2, 0.25) is 0 Å². The number of carbonyl (C=O) groups excluding carboxylic acids is 4. The van der Waals surface area contributed by atoms with E-state index in [0.29, 0.717) is 70.6 Å². The lowest BCUT2D eigenvalue weighted by Gasteiger charge is -2.38. The number of nitriles is 2. The number of hydrogen-bond donors (Lipinski definition) is 2. The van der Waals surface area contributed by atoms with E-state index in [1.807, 2.05) is 86.5 Å². The topological polar surface area (TPSA) is 252 Å². The van der Waals surface area contributed by atoms with Gasteiger partial charge in [0.05, 0.1) is 64.9 Å². The van der Waals surface area contributed by atoms with Crippen molar-refractivity contribution in [1.29, 1.82) is 10.5 Å². The Morgan fingerprint density at radius 3 is 0.867 bits per heavy atom. The summed E-state index contributed by atoms with van der Waals surface area (Å²) in [4.78, 5) is 57.3. The number of hydrogen-bond acceptors (Lipinski definition) is 18. The molecule has 0 spiro atoms. The van der Waals surface area contributed by atoms with E-state index in [0.717, 1.165) is 48.2 Å². The summed E-state index contributed by atoms with van der Waals surface area (Å²) in [6.07, 6.45) is 1.92. The number of thioether (sulfide) groups is 2. The third-order valence-corrected chi connectivity index (χ3v) is 25.2. The van der Waals surface area contributed by atoms with Crippen LogP contribution in [0.3, 0.4) is 0 Å². The molecule has 0 aliphatic heterocycles. The van der Waals surface area contributed by atoms with E-state index >= 15 is 0 Å². The molecule has 552 valence electrons. The van der Waals surface area contributed by atoms with Crippen LogP contribution in [0.15, 0.2) is 214 Å². The average Bonchev–Trinajstić information content (AvgIpc) is 0.790. The van der Waals surface area contributed by atoms with Crippen molar-refractivity contribution in [3.8, 4) is 58.1 Å². The van der Waals surface area contributed by atoms with E-state index < -0.39 is 46.7 Å². The van der Waals surface area contributed by atoms with Gasteiger partial charge in [0.2, 0.25) is 31.5 Å². The van der Waals surface area contributed by atoms with Gasteiger partial charge in [-0.15, -0.1) is 0 Å². The number of ketones is 2. The molecule has 2 atom stereocenters. The van der Waals surface area contributed by atoms with Crippen molar-refractivity contribution >= 4 is 66.6 Å². The molecule has 0 aliphatic carbocycles. The molecule has 0 bridgehead atoms. The minimum Gasteiger partial charge on any atom is -0.457 e. The maximum Gasteiger partial charge on any atom is 0.228 e. The Morgan fingerprint density at radius 2 is 0.629 bits per heavy atom. The van der Waals surface area contributed by atoms with Crippen LogP contribution in [0.4, 0.5) is 0 Å². The summed E-state index contributed by atoms with van der Waals surface area (Å²) in [7, 11) is 0.0844. The molecular formula is C83H94N6O12S4. The smallest absolute Gasteiger partial charge is 0.228 e. The molecule has 0 saturated heterocycles. The minimum atomic E-state index is -3.90. The van der Waals surface area contributed by atoms with Crippen molar-refractivity contribution in [2.24, 2.45) is 21.7 Å². The first-order valence-corrected chi connectivity index (χ1v) is 39.8. The van der Waals surface area contributed by atoms with E-state index in [-0.39, 0.29) is 67.3 Å². The van der Waals surface area contributed by atoms with Crippen LogP contribution in [0.5, 0.6) is 46.0 Å². The predicted octanol–water partition coefficient (Wildman–Crippen LogP) is 15.8. The SMILES string of the molecule is CN(C)CCCNC(=O)C(C)(CSCC(=O)Cc1ccc(Oc2ccc(S(=O)(=O)c3ccc(Oc4ccc(C(C)(C)c5ccc(Oc6ccc(S(=O)(=O)c7ccc(Oc8ccc(CC(=O)CSCC(C)(C(=O)NCCCN(C)C)C(C)(C)C#N)cc8)cc7)cc6)cc5)cc4)cc3)cc2)cc1)C(C)(C)C#N. The molecule has 2 unspecified atom stereocenters. The molecule has 8 aromatic rings. The average molecular weight is 1500 g/mol. The largest absolute Gasteiger partial charge is 0.457 e. The number of rotatable bonds is 38. The van der Waals surface area contributed by atoms with Gasteiger partial charge in [-0.2, -0.15) is 34.0 Å². The molecule has 105 heavy (non-hydrogen) atoms. The molecule has 0 saturated carbocycles. The van der Waals surface area contributed by atoms with Gasteiger partial charge in [-0.25, -0.2) is 16.8 Å². The van der Waals surface area contributed by atoms with Crippen molar-refractivity contribution in [2.45, 2.75) is 106 Å². The van der Waals surface area contributed by atoms with Crippen LogP contribution in [0.25, 0.3) is 0 Å². The fraction of sp³-hybridized carbons (Fsp3) is 0.349. The first-order chi connectivity index (χ1) is 49.7. The van der Waals surface area contributed by atoms with Crippen LogP contribution in [-0.2, 0) is 57.1 Å². The summed E-state index contributed by atoms with van der Waals surface area (Å²) >= 11 is 2.70.